The van der Waals surface area contributed by atoms with Gasteiger partial charge in [-0.25, -0.2) is 0 Å². The molecule has 0 aromatic carbocycles. The summed E-state index contributed by atoms with van der Waals surface area (Å²) >= 11 is 3.36. The number of ether oxygens (including phenoxy) is 1. The van der Waals surface area contributed by atoms with E-state index in [1.807, 2.05) is 20.8 Å². The van der Waals surface area contributed by atoms with Crippen molar-refractivity contribution in [3.8, 4) is 0 Å². The predicted molar refractivity (Wildman–Crippen MR) is 61.7 cm³/mol. The summed E-state index contributed by atoms with van der Waals surface area (Å²) in [7, 11) is 0. The summed E-state index contributed by atoms with van der Waals surface area (Å²) in [6.07, 6.45) is 1.85. The maximum Gasteiger partial charge on any atom is 0.246 e. The van der Waals surface area contributed by atoms with E-state index in [2.05, 4.69) is 21.2 Å². The van der Waals surface area contributed by atoms with Crippen LogP contribution in [0.3, 0.4) is 0 Å². The summed E-state index contributed by atoms with van der Waals surface area (Å²) in [5.41, 5.74) is -0.157. The van der Waals surface area contributed by atoms with Crippen LogP contribution in [0.15, 0.2) is 0 Å². The van der Waals surface area contributed by atoms with Crippen LogP contribution in [0.25, 0.3) is 0 Å². The van der Waals surface area contributed by atoms with Gasteiger partial charge in [0.15, 0.2) is 0 Å². The van der Waals surface area contributed by atoms with Gasteiger partial charge >= 0.3 is 0 Å². The van der Waals surface area contributed by atoms with Crippen molar-refractivity contribution in [1.82, 2.24) is 5.32 Å². The van der Waals surface area contributed by atoms with Crippen molar-refractivity contribution in [2.75, 3.05) is 18.5 Å². The molecule has 1 N–H and O–H groups in total. The molecule has 0 saturated heterocycles. The first-order valence-corrected chi connectivity index (χ1v) is 6.08. The molecule has 0 heterocycles. The van der Waals surface area contributed by atoms with Gasteiger partial charge in [0.25, 0.3) is 0 Å². The lowest BCUT2D eigenvalue weighted by atomic mass is 10.0. The summed E-state index contributed by atoms with van der Waals surface area (Å²) in [6, 6.07) is 0. The Kier molecular flexibility index (Phi) is 7.19. The van der Waals surface area contributed by atoms with Crippen molar-refractivity contribution in [3.63, 3.8) is 0 Å². The topological polar surface area (TPSA) is 38.3 Å². The maximum atomic E-state index is 11.4. The van der Waals surface area contributed by atoms with Gasteiger partial charge in [-0.1, -0.05) is 22.9 Å². The molecular weight excluding hydrogens is 246 g/mol. The molecule has 0 aliphatic rings. The van der Waals surface area contributed by atoms with Crippen LogP contribution < -0.4 is 5.32 Å². The quantitative estimate of drug-likeness (QED) is 0.566. The second-order valence-corrected chi connectivity index (χ2v) is 4.72. The average Bonchev–Trinajstić information content (AvgIpc) is 2.03. The van der Waals surface area contributed by atoms with E-state index in [4.69, 9.17) is 4.74 Å². The Bertz CT molecular complexity index is 172. The third kappa shape index (κ3) is 7.33. The summed E-state index contributed by atoms with van der Waals surface area (Å²) in [5.74, 6) is -0.0376. The SMILES string of the molecule is CCCOCC(=O)NC(C)(C)CCBr. The van der Waals surface area contributed by atoms with E-state index in [9.17, 15) is 4.79 Å². The highest BCUT2D eigenvalue weighted by molar-refractivity contribution is 9.09. The largest absolute Gasteiger partial charge is 0.372 e. The minimum absolute atomic E-state index is 0.0376. The zero-order chi connectivity index (χ0) is 11.0. The zero-order valence-electron chi connectivity index (χ0n) is 9.23. The highest BCUT2D eigenvalue weighted by Crippen LogP contribution is 2.09. The fourth-order valence-electron chi connectivity index (χ4n) is 1.02. The molecule has 4 heteroatoms. The Balaban J connectivity index is 3.69. The molecule has 0 fully saturated rings. The van der Waals surface area contributed by atoms with Gasteiger partial charge in [0.2, 0.25) is 5.91 Å². The number of hydrogen-bond acceptors (Lipinski definition) is 2. The predicted octanol–water partition coefficient (Wildman–Crippen LogP) is 2.09. The Hall–Kier alpha value is -0.0900. The molecule has 0 unspecified atom stereocenters. The second kappa shape index (κ2) is 7.23. The molecule has 0 rings (SSSR count). The molecular formula is C10H20BrNO2. The van der Waals surface area contributed by atoms with Crippen LogP contribution in [-0.2, 0) is 9.53 Å². The van der Waals surface area contributed by atoms with Crippen LogP contribution in [0.2, 0.25) is 0 Å². The van der Waals surface area contributed by atoms with Gasteiger partial charge < -0.3 is 10.1 Å². The van der Waals surface area contributed by atoms with Crippen molar-refractivity contribution in [2.45, 2.75) is 39.2 Å². The van der Waals surface area contributed by atoms with E-state index in [1.165, 1.54) is 0 Å². The van der Waals surface area contributed by atoms with Gasteiger partial charge in [0.1, 0.15) is 6.61 Å². The molecule has 0 atom stereocenters. The van der Waals surface area contributed by atoms with Crippen LogP contribution in [0, 0.1) is 0 Å². The fourth-order valence-corrected chi connectivity index (χ4v) is 2.01. The first-order valence-electron chi connectivity index (χ1n) is 4.96. The number of amides is 1. The maximum absolute atomic E-state index is 11.4. The van der Waals surface area contributed by atoms with E-state index in [0.717, 1.165) is 18.2 Å². The lowest BCUT2D eigenvalue weighted by Gasteiger charge is -2.25. The van der Waals surface area contributed by atoms with Gasteiger partial charge in [0.05, 0.1) is 0 Å². The highest BCUT2D eigenvalue weighted by atomic mass is 79.9. The smallest absolute Gasteiger partial charge is 0.246 e. The van der Waals surface area contributed by atoms with Gasteiger partial charge in [-0.15, -0.1) is 0 Å². The molecule has 1 amide bonds. The van der Waals surface area contributed by atoms with E-state index in [-0.39, 0.29) is 18.1 Å². The molecule has 3 nitrogen and oxygen atoms in total. The highest BCUT2D eigenvalue weighted by Gasteiger charge is 2.18. The summed E-state index contributed by atoms with van der Waals surface area (Å²) < 4.78 is 5.14. The standard InChI is InChI=1S/C10H20BrNO2/c1-4-7-14-8-9(13)12-10(2,3)5-6-11/h4-8H2,1-3H3,(H,12,13). The van der Waals surface area contributed by atoms with Crippen LogP contribution in [-0.4, -0.2) is 30.0 Å². The van der Waals surface area contributed by atoms with E-state index < -0.39 is 0 Å². The van der Waals surface area contributed by atoms with E-state index in [0.29, 0.717) is 6.61 Å². The Labute approximate surface area is 94.7 Å². The fraction of sp³-hybridized carbons (Fsp3) is 0.900. The van der Waals surface area contributed by atoms with Crippen molar-refractivity contribution < 1.29 is 9.53 Å². The van der Waals surface area contributed by atoms with Crippen molar-refractivity contribution in [3.05, 3.63) is 0 Å². The number of alkyl halides is 1. The number of rotatable bonds is 7. The average molecular weight is 266 g/mol. The van der Waals surface area contributed by atoms with Crippen molar-refractivity contribution >= 4 is 21.8 Å². The molecule has 0 aromatic heterocycles. The molecule has 0 saturated carbocycles. The number of carbonyl (C=O) groups excluding carboxylic acids is 1. The molecule has 0 aliphatic carbocycles. The Morgan fingerprint density at radius 3 is 2.64 bits per heavy atom. The van der Waals surface area contributed by atoms with Crippen molar-refractivity contribution in [1.29, 1.82) is 0 Å². The lowest BCUT2D eigenvalue weighted by molar-refractivity contribution is -0.127. The van der Waals surface area contributed by atoms with Crippen LogP contribution >= 0.6 is 15.9 Å². The van der Waals surface area contributed by atoms with Gasteiger partial charge in [-0.3, -0.25) is 4.79 Å². The molecule has 0 aromatic rings. The molecule has 0 radical (unpaired) electrons. The first-order chi connectivity index (χ1) is 6.52. The minimum Gasteiger partial charge on any atom is -0.372 e. The van der Waals surface area contributed by atoms with Gasteiger partial charge in [-0.05, 0) is 26.7 Å². The molecule has 0 bridgehead atoms. The van der Waals surface area contributed by atoms with E-state index in [1.54, 1.807) is 0 Å². The zero-order valence-corrected chi connectivity index (χ0v) is 10.8. The summed E-state index contributed by atoms with van der Waals surface area (Å²) in [5, 5.41) is 3.81. The molecule has 14 heavy (non-hydrogen) atoms. The third-order valence-corrected chi connectivity index (χ3v) is 2.18. The third-order valence-electron chi connectivity index (χ3n) is 1.78. The van der Waals surface area contributed by atoms with E-state index >= 15 is 0 Å². The number of nitrogens with one attached hydrogen (secondary N) is 1. The summed E-state index contributed by atoms with van der Waals surface area (Å²) in [6.45, 7) is 6.84. The number of hydrogen-bond donors (Lipinski definition) is 1. The Morgan fingerprint density at radius 2 is 2.14 bits per heavy atom. The van der Waals surface area contributed by atoms with Crippen molar-refractivity contribution in [2.24, 2.45) is 0 Å². The second-order valence-electron chi connectivity index (χ2n) is 3.92. The van der Waals surface area contributed by atoms with Gasteiger partial charge in [0, 0.05) is 17.5 Å². The van der Waals surface area contributed by atoms with Crippen LogP contribution in [0.1, 0.15) is 33.6 Å². The minimum atomic E-state index is -0.157. The number of carbonyl (C=O) groups is 1. The normalized spacial score (nSPS) is 11.4. The van der Waals surface area contributed by atoms with Crippen LogP contribution in [0.5, 0.6) is 0 Å². The molecule has 84 valence electrons. The summed E-state index contributed by atoms with van der Waals surface area (Å²) in [4.78, 5) is 11.4. The Morgan fingerprint density at radius 1 is 1.50 bits per heavy atom. The molecule has 0 aliphatic heterocycles. The molecule has 0 spiro atoms. The lowest BCUT2D eigenvalue weighted by Crippen LogP contribution is -2.45. The monoisotopic (exact) mass is 265 g/mol. The van der Waals surface area contributed by atoms with Crippen LogP contribution in [0.4, 0.5) is 0 Å². The first kappa shape index (κ1) is 13.9. The van der Waals surface area contributed by atoms with Gasteiger partial charge in [-0.2, -0.15) is 0 Å². The number of halogens is 1.